The molecule has 0 aliphatic carbocycles. The molecule has 2 rings (SSSR count). The molecule has 2 atom stereocenters. The van der Waals surface area contributed by atoms with Crippen LogP contribution in [0.3, 0.4) is 0 Å². The van der Waals surface area contributed by atoms with Crippen LogP contribution in [0.4, 0.5) is 0 Å². The van der Waals surface area contributed by atoms with Crippen LogP contribution < -0.4 is 5.32 Å². The lowest BCUT2D eigenvalue weighted by atomic mass is 10.0. The van der Waals surface area contributed by atoms with E-state index >= 15 is 0 Å². The third kappa shape index (κ3) is 4.11. The first-order valence-electron chi connectivity index (χ1n) is 6.68. The van der Waals surface area contributed by atoms with Crippen LogP contribution in [0.15, 0.2) is 0 Å². The van der Waals surface area contributed by atoms with Gasteiger partial charge in [-0.05, 0) is 6.42 Å². The molecule has 2 amide bonds. The molecule has 0 bridgehead atoms. The summed E-state index contributed by atoms with van der Waals surface area (Å²) in [5.41, 5.74) is 0. The van der Waals surface area contributed by atoms with Crippen LogP contribution >= 0.6 is 11.8 Å². The Labute approximate surface area is 118 Å². The highest BCUT2D eigenvalue weighted by Crippen LogP contribution is 2.24. The number of fused-ring (bicyclic) bond motifs is 1. The molecule has 2 aliphatic rings. The number of amides is 2. The predicted octanol–water partition coefficient (Wildman–Crippen LogP) is 0.634. The molecule has 0 radical (unpaired) electrons. The smallest absolute Gasteiger partial charge is 0.246 e. The first-order chi connectivity index (χ1) is 8.85. The van der Waals surface area contributed by atoms with Gasteiger partial charge in [0.05, 0.1) is 17.9 Å². The molecule has 5 nitrogen and oxygen atoms in total. The molecule has 108 valence electrons. The van der Waals surface area contributed by atoms with Crippen molar-refractivity contribution in [1.82, 2.24) is 10.2 Å². The average Bonchev–Trinajstić information content (AvgIpc) is 2.34. The van der Waals surface area contributed by atoms with Gasteiger partial charge >= 0.3 is 0 Å². The highest BCUT2D eigenvalue weighted by molar-refractivity contribution is 8.01. The van der Waals surface area contributed by atoms with E-state index in [0.717, 1.165) is 13.0 Å². The van der Waals surface area contributed by atoms with Crippen LogP contribution in [-0.4, -0.2) is 59.1 Å². The normalized spacial score (nSPS) is 27.7. The van der Waals surface area contributed by atoms with Crippen LogP contribution in [0.2, 0.25) is 0 Å². The molecule has 0 aromatic carbocycles. The highest BCUT2D eigenvalue weighted by Gasteiger charge is 2.36. The molecule has 2 saturated heterocycles. The van der Waals surface area contributed by atoms with Crippen LogP contribution in [0.5, 0.6) is 0 Å². The molecule has 0 aromatic heterocycles. The number of carbonyl (C=O) groups is 2. The minimum absolute atomic E-state index is 0.0430. The monoisotopic (exact) mass is 286 g/mol. The lowest BCUT2D eigenvalue weighted by molar-refractivity contribution is -0.145. The first-order valence-corrected chi connectivity index (χ1v) is 7.66. The SMILES string of the molecule is CC(C)(C)SCC(=O)N1CC[C@@H]2OCC(=O)N[C@H]2C1. The van der Waals surface area contributed by atoms with E-state index in [4.69, 9.17) is 4.74 Å². The number of morpholine rings is 1. The van der Waals surface area contributed by atoms with E-state index in [1.54, 1.807) is 11.8 Å². The van der Waals surface area contributed by atoms with Crippen molar-refractivity contribution < 1.29 is 14.3 Å². The van der Waals surface area contributed by atoms with Crippen molar-refractivity contribution in [2.75, 3.05) is 25.4 Å². The maximum atomic E-state index is 12.2. The number of nitrogens with one attached hydrogen (secondary N) is 1. The number of ether oxygens (including phenoxy) is 1. The van der Waals surface area contributed by atoms with E-state index in [9.17, 15) is 9.59 Å². The average molecular weight is 286 g/mol. The van der Waals surface area contributed by atoms with Crippen LogP contribution in [-0.2, 0) is 14.3 Å². The van der Waals surface area contributed by atoms with E-state index in [1.807, 2.05) is 4.90 Å². The molecule has 0 spiro atoms. The van der Waals surface area contributed by atoms with Crippen LogP contribution in [0, 0.1) is 0 Å². The van der Waals surface area contributed by atoms with Gasteiger partial charge in [-0.1, -0.05) is 20.8 Å². The van der Waals surface area contributed by atoms with Gasteiger partial charge in [-0.25, -0.2) is 0 Å². The Bertz CT molecular complexity index is 367. The summed E-state index contributed by atoms with van der Waals surface area (Å²) in [5, 5.41) is 2.91. The zero-order valence-electron chi connectivity index (χ0n) is 11.8. The molecule has 0 unspecified atom stereocenters. The summed E-state index contributed by atoms with van der Waals surface area (Å²) in [4.78, 5) is 25.3. The fourth-order valence-corrected chi connectivity index (χ4v) is 3.03. The predicted molar refractivity (Wildman–Crippen MR) is 75.1 cm³/mol. The minimum atomic E-state index is -0.0837. The molecule has 1 N–H and O–H groups in total. The number of hydrogen-bond donors (Lipinski definition) is 1. The molecule has 2 aliphatic heterocycles. The quantitative estimate of drug-likeness (QED) is 0.809. The Morgan fingerprint density at radius 1 is 1.53 bits per heavy atom. The third-order valence-corrected chi connectivity index (χ3v) is 4.56. The van der Waals surface area contributed by atoms with Gasteiger partial charge in [0.25, 0.3) is 0 Å². The molecular weight excluding hydrogens is 264 g/mol. The molecule has 2 heterocycles. The summed E-state index contributed by atoms with van der Waals surface area (Å²) in [6.07, 6.45) is 0.869. The van der Waals surface area contributed by atoms with Gasteiger partial charge in [0.15, 0.2) is 0 Å². The summed E-state index contributed by atoms with van der Waals surface area (Å²) in [7, 11) is 0. The van der Waals surface area contributed by atoms with E-state index < -0.39 is 0 Å². The maximum absolute atomic E-state index is 12.2. The lowest BCUT2D eigenvalue weighted by Crippen LogP contribution is -2.61. The summed E-state index contributed by atoms with van der Waals surface area (Å²) in [6.45, 7) is 7.75. The zero-order chi connectivity index (χ0) is 14.0. The number of thioether (sulfide) groups is 1. The fraction of sp³-hybridized carbons (Fsp3) is 0.846. The molecule has 19 heavy (non-hydrogen) atoms. The second kappa shape index (κ2) is 5.71. The Morgan fingerprint density at radius 2 is 2.26 bits per heavy atom. The van der Waals surface area contributed by atoms with Gasteiger partial charge in [0.2, 0.25) is 11.8 Å². The first kappa shape index (κ1) is 14.7. The minimum Gasteiger partial charge on any atom is -0.366 e. The van der Waals surface area contributed by atoms with Crippen LogP contribution in [0.25, 0.3) is 0 Å². The van der Waals surface area contributed by atoms with Gasteiger partial charge in [-0.2, -0.15) is 0 Å². The van der Waals surface area contributed by atoms with Crippen molar-refractivity contribution in [3.8, 4) is 0 Å². The van der Waals surface area contributed by atoms with Crippen molar-refractivity contribution in [1.29, 1.82) is 0 Å². The van der Waals surface area contributed by atoms with Crippen LogP contribution in [0.1, 0.15) is 27.2 Å². The van der Waals surface area contributed by atoms with E-state index in [1.165, 1.54) is 0 Å². The lowest BCUT2D eigenvalue weighted by Gasteiger charge is -2.41. The standard InChI is InChI=1S/C13H22N2O3S/c1-13(2,3)19-8-12(17)15-5-4-10-9(6-15)14-11(16)7-18-10/h9-10H,4-8H2,1-3H3,(H,14,16)/t9-,10-/m0/s1. The van der Waals surface area contributed by atoms with Crippen molar-refractivity contribution in [3.05, 3.63) is 0 Å². The van der Waals surface area contributed by atoms with Crippen molar-refractivity contribution in [2.24, 2.45) is 0 Å². The summed E-state index contributed by atoms with van der Waals surface area (Å²) in [5.74, 6) is 0.563. The summed E-state index contributed by atoms with van der Waals surface area (Å²) >= 11 is 1.66. The molecule has 0 aromatic rings. The fourth-order valence-electron chi connectivity index (χ4n) is 2.30. The Kier molecular flexibility index (Phi) is 4.40. The van der Waals surface area contributed by atoms with Crippen molar-refractivity contribution >= 4 is 23.6 Å². The van der Waals surface area contributed by atoms with Gasteiger partial charge in [0, 0.05) is 17.8 Å². The largest absolute Gasteiger partial charge is 0.366 e. The van der Waals surface area contributed by atoms with Crippen molar-refractivity contribution in [3.63, 3.8) is 0 Å². The van der Waals surface area contributed by atoms with E-state index in [0.29, 0.717) is 12.3 Å². The maximum Gasteiger partial charge on any atom is 0.246 e. The summed E-state index contributed by atoms with van der Waals surface area (Å²) in [6, 6.07) is -0.0430. The highest BCUT2D eigenvalue weighted by atomic mass is 32.2. The Hall–Kier alpha value is -0.750. The number of carbonyl (C=O) groups excluding carboxylic acids is 2. The second-order valence-corrected chi connectivity index (χ2v) is 7.86. The number of rotatable bonds is 2. The number of piperidine rings is 1. The molecule has 2 fully saturated rings. The number of likely N-dealkylation sites (tertiary alicyclic amines) is 1. The number of nitrogens with zero attached hydrogens (tertiary/aromatic N) is 1. The molecule has 0 saturated carbocycles. The number of hydrogen-bond acceptors (Lipinski definition) is 4. The van der Waals surface area contributed by atoms with Gasteiger partial charge < -0.3 is 15.0 Å². The van der Waals surface area contributed by atoms with Gasteiger partial charge in [-0.3, -0.25) is 9.59 Å². The molecule has 6 heteroatoms. The van der Waals surface area contributed by atoms with E-state index in [2.05, 4.69) is 26.1 Å². The zero-order valence-corrected chi connectivity index (χ0v) is 12.6. The third-order valence-electron chi connectivity index (χ3n) is 3.31. The van der Waals surface area contributed by atoms with E-state index in [-0.39, 0.29) is 35.3 Å². The second-order valence-electron chi connectivity index (χ2n) is 6.05. The van der Waals surface area contributed by atoms with Gasteiger partial charge in [-0.15, -0.1) is 11.8 Å². The Morgan fingerprint density at radius 3 is 2.95 bits per heavy atom. The van der Waals surface area contributed by atoms with Crippen molar-refractivity contribution in [2.45, 2.75) is 44.1 Å². The van der Waals surface area contributed by atoms with Gasteiger partial charge in [0.1, 0.15) is 6.61 Å². The Balaban J connectivity index is 1.85. The molecular formula is C13H22N2O3S. The topological polar surface area (TPSA) is 58.6 Å². The summed E-state index contributed by atoms with van der Waals surface area (Å²) < 4.78 is 5.57.